The molecular weight excluding hydrogens is 773 g/mol. The monoisotopic (exact) mass is 816 g/mol. The van der Waals surface area contributed by atoms with E-state index in [4.69, 9.17) is 4.42 Å². The summed E-state index contributed by atoms with van der Waals surface area (Å²) in [5, 5.41) is 2.26. The van der Waals surface area contributed by atoms with Crippen LogP contribution in [-0.4, -0.2) is 0 Å². The molecule has 10 aromatic rings. The SMILES string of the molecule is CC1(C)c2cc(N(c3ccccc3)c3ccccc3)ccc2-c2sc3c(c21)C(C)(C)c1cc(N(c2ccc4c(c2)oc2ccccc24)c2ccccc2-c2ccccc2)ccc1-3. The van der Waals surface area contributed by atoms with Crippen molar-refractivity contribution in [1.29, 1.82) is 0 Å². The van der Waals surface area contributed by atoms with Gasteiger partial charge in [0.25, 0.3) is 0 Å². The smallest absolute Gasteiger partial charge is 0.137 e. The molecule has 3 nitrogen and oxygen atoms in total. The average molecular weight is 817 g/mol. The van der Waals surface area contributed by atoms with E-state index < -0.39 is 0 Å². The summed E-state index contributed by atoms with van der Waals surface area (Å²) in [7, 11) is 0. The first-order valence-corrected chi connectivity index (χ1v) is 22.3. The lowest BCUT2D eigenvalue weighted by Gasteiger charge is -2.31. The first kappa shape index (κ1) is 36.7. The van der Waals surface area contributed by atoms with E-state index in [1.165, 1.54) is 59.9 Å². The Morgan fingerprint density at radius 2 is 0.871 bits per heavy atom. The predicted molar refractivity (Wildman–Crippen MR) is 262 cm³/mol. The third-order valence-electron chi connectivity index (χ3n) is 13.4. The summed E-state index contributed by atoms with van der Waals surface area (Å²) in [6, 6.07) is 70.2. The van der Waals surface area contributed by atoms with Crippen molar-refractivity contribution in [2.24, 2.45) is 0 Å². The number of hydrogen-bond acceptors (Lipinski definition) is 4. The maximum Gasteiger partial charge on any atom is 0.137 e. The Morgan fingerprint density at radius 1 is 0.387 bits per heavy atom. The highest BCUT2D eigenvalue weighted by Gasteiger charge is 2.48. The third kappa shape index (κ3) is 5.43. The maximum atomic E-state index is 6.50. The van der Waals surface area contributed by atoms with Crippen molar-refractivity contribution >= 4 is 67.4 Å². The van der Waals surface area contributed by atoms with Crippen molar-refractivity contribution in [3.8, 4) is 32.0 Å². The van der Waals surface area contributed by atoms with Gasteiger partial charge >= 0.3 is 0 Å². The number of fused-ring (bicyclic) bond motifs is 10. The number of hydrogen-bond donors (Lipinski definition) is 0. The molecule has 2 heterocycles. The van der Waals surface area contributed by atoms with Crippen molar-refractivity contribution in [2.75, 3.05) is 9.80 Å². The number of thiophene rings is 1. The third-order valence-corrected chi connectivity index (χ3v) is 14.7. The predicted octanol–water partition coefficient (Wildman–Crippen LogP) is 16.9. The maximum absolute atomic E-state index is 6.50. The Morgan fingerprint density at radius 3 is 1.50 bits per heavy atom. The van der Waals surface area contributed by atoms with E-state index >= 15 is 0 Å². The Labute approximate surface area is 366 Å². The van der Waals surface area contributed by atoms with Crippen LogP contribution in [-0.2, 0) is 10.8 Å². The Kier molecular flexibility index (Phi) is 8.10. The van der Waals surface area contributed by atoms with Gasteiger partial charge in [-0.2, -0.15) is 0 Å². The molecule has 298 valence electrons. The van der Waals surface area contributed by atoms with Crippen LogP contribution in [0.15, 0.2) is 199 Å². The molecule has 0 saturated heterocycles. The van der Waals surface area contributed by atoms with Crippen LogP contribution >= 0.6 is 11.3 Å². The minimum atomic E-state index is -0.236. The van der Waals surface area contributed by atoms with Crippen LogP contribution in [0.1, 0.15) is 49.9 Å². The summed E-state index contributed by atoms with van der Waals surface area (Å²) in [6.07, 6.45) is 0. The second-order valence-electron chi connectivity index (χ2n) is 17.7. The van der Waals surface area contributed by atoms with Crippen LogP contribution < -0.4 is 9.80 Å². The number of furan rings is 1. The molecule has 0 fully saturated rings. The number of rotatable bonds is 7. The second kappa shape index (κ2) is 13.7. The fourth-order valence-electron chi connectivity index (χ4n) is 10.5. The van der Waals surface area contributed by atoms with Crippen LogP contribution in [0.5, 0.6) is 0 Å². The van der Waals surface area contributed by atoms with E-state index in [1.807, 2.05) is 17.4 Å². The fourth-order valence-corrected chi connectivity index (χ4v) is 12.2. The molecule has 8 aromatic carbocycles. The summed E-state index contributed by atoms with van der Waals surface area (Å²) in [6.45, 7) is 9.75. The molecule has 2 aromatic heterocycles. The molecule has 0 radical (unpaired) electrons. The van der Waals surface area contributed by atoms with Gasteiger partial charge in [0.15, 0.2) is 0 Å². The zero-order chi connectivity index (χ0) is 41.7. The molecule has 0 unspecified atom stereocenters. The first-order valence-electron chi connectivity index (χ1n) is 21.5. The molecule has 0 saturated carbocycles. The molecule has 0 amide bonds. The minimum absolute atomic E-state index is 0.200. The van der Waals surface area contributed by atoms with Crippen LogP contribution in [0.4, 0.5) is 34.1 Å². The van der Waals surface area contributed by atoms with Gasteiger partial charge in [0.1, 0.15) is 11.2 Å². The summed E-state index contributed by atoms with van der Waals surface area (Å²) in [5.74, 6) is 0. The van der Waals surface area contributed by atoms with Crippen LogP contribution in [0.2, 0.25) is 0 Å². The minimum Gasteiger partial charge on any atom is -0.456 e. The first-order chi connectivity index (χ1) is 30.3. The zero-order valence-electron chi connectivity index (χ0n) is 35.2. The molecule has 0 N–H and O–H groups in total. The quantitative estimate of drug-likeness (QED) is 0.160. The molecule has 2 aliphatic rings. The molecule has 0 bridgehead atoms. The van der Waals surface area contributed by atoms with E-state index in [2.05, 4.69) is 226 Å². The Hall–Kier alpha value is -7.14. The molecule has 0 aliphatic heterocycles. The van der Waals surface area contributed by atoms with E-state index in [1.54, 1.807) is 0 Å². The van der Waals surface area contributed by atoms with E-state index in [9.17, 15) is 0 Å². The van der Waals surface area contributed by atoms with Gasteiger partial charge in [0.05, 0.1) is 5.69 Å². The highest BCUT2D eigenvalue weighted by atomic mass is 32.1. The normalized spacial score (nSPS) is 14.1. The van der Waals surface area contributed by atoms with E-state index in [0.29, 0.717) is 0 Å². The van der Waals surface area contributed by atoms with E-state index in [0.717, 1.165) is 50.4 Å². The lowest BCUT2D eigenvalue weighted by atomic mass is 9.74. The number of nitrogens with zero attached hydrogens (tertiary/aromatic N) is 2. The number of anilines is 6. The largest absolute Gasteiger partial charge is 0.456 e. The molecule has 12 rings (SSSR count). The standard InChI is InChI=1S/C58H44N2OS/c1-57(2)48-34-40(59(38-20-10-6-11-21-38)39-22-12-7-13-23-39)29-32-46(48)55-53(57)54-56(62-55)47-33-30-41(35-49(47)58(54,3)4)60(50-26-16-14-24-43(50)37-18-8-5-9-19-37)42-28-31-45-44-25-15-17-27-51(44)61-52(45)36-42/h5-36H,1-4H3. The number of para-hydroxylation sites is 4. The van der Waals surface area contributed by atoms with Crippen molar-refractivity contribution in [3.05, 3.63) is 216 Å². The summed E-state index contributed by atoms with van der Waals surface area (Å²) in [4.78, 5) is 7.61. The van der Waals surface area contributed by atoms with Gasteiger partial charge in [-0.05, 0) is 112 Å². The summed E-state index contributed by atoms with van der Waals surface area (Å²) >= 11 is 1.98. The molecular formula is C58H44N2OS. The van der Waals surface area contributed by atoms with Crippen molar-refractivity contribution in [2.45, 2.75) is 38.5 Å². The Balaban J connectivity index is 0.988. The highest BCUT2D eigenvalue weighted by Crippen LogP contribution is 2.64. The number of benzene rings is 8. The van der Waals surface area contributed by atoms with Crippen molar-refractivity contribution in [1.82, 2.24) is 0 Å². The summed E-state index contributed by atoms with van der Waals surface area (Å²) in [5.41, 5.74) is 18.8. The van der Waals surface area contributed by atoms with Gasteiger partial charge < -0.3 is 14.2 Å². The van der Waals surface area contributed by atoms with Crippen LogP contribution in [0, 0.1) is 0 Å². The molecule has 62 heavy (non-hydrogen) atoms. The lowest BCUT2D eigenvalue weighted by Crippen LogP contribution is -2.23. The van der Waals surface area contributed by atoms with Gasteiger partial charge in [-0.1, -0.05) is 143 Å². The highest BCUT2D eigenvalue weighted by molar-refractivity contribution is 7.19. The zero-order valence-corrected chi connectivity index (χ0v) is 36.0. The molecule has 0 atom stereocenters. The van der Waals surface area contributed by atoms with E-state index in [-0.39, 0.29) is 10.8 Å². The topological polar surface area (TPSA) is 19.6 Å². The summed E-state index contributed by atoms with van der Waals surface area (Å²) < 4.78 is 6.50. The lowest BCUT2D eigenvalue weighted by molar-refractivity contribution is 0.603. The van der Waals surface area contributed by atoms with Gasteiger partial charge in [0, 0.05) is 71.4 Å². The van der Waals surface area contributed by atoms with Crippen LogP contribution in [0.25, 0.3) is 53.9 Å². The molecule has 2 aliphatic carbocycles. The van der Waals surface area contributed by atoms with Crippen molar-refractivity contribution in [3.63, 3.8) is 0 Å². The Bertz CT molecular complexity index is 3320. The average Bonchev–Trinajstić information content (AvgIpc) is 4.01. The van der Waals surface area contributed by atoms with Gasteiger partial charge in [-0.3, -0.25) is 0 Å². The second-order valence-corrected chi connectivity index (χ2v) is 18.7. The van der Waals surface area contributed by atoms with Crippen LogP contribution in [0.3, 0.4) is 0 Å². The van der Waals surface area contributed by atoms with Gasteiger partial charge in [0.2, 0.25) is 0 Å². The molecule has 4 heteroatoms. The molecule has 0 spiro atoms. The van der Waals surface area contributed by atoms with Gasteiger partial charge in [-0.25, -0.2) is 0 Å². The van der Waals surface area contributed by atoms with Gasteiger partial charge in [-0.15, -0.1) is 11.3 Å². The van der Waals surface area contributed by atoms with Crippen molar-refractivity contribution < 1.29 is 4.42 Å². The fraction of sp³-hybridized carbons (Fsp3) is 0.103.